The summed E-state index contributed by atoms with van der Waals surface area (Å²) in [7, 11) is 0. The Kier molecular flexibility index (Phi) is 5.16. The molecule has 138 valence electrons. The third-order valence-electron chi connectivity index (χ3n) is 4.47. The van der Waals surface area contributed by atoms with Gasteiger partial charge in [0.25, 0.3) is 0 Å². The Morgan fingerprint density at radius 3 is 2.70 bits per heavy atom. The Hall–Kier alpha value is -2.73. The molecule has 0 aliphatic rings. The van der Waals surface area contributed by atoms with E-state index in [1.54, 1.807) is 11.8 Å². The Balaban J connectivity index is 1.46. The van der Waals surface area contributed by atoms with Gasteiger partial charge in [-0.2, -0.15) is 0 Å². The van der Waals surface area contributed by atoms with Gasteiger partial charge in [0.1, 0.15) is 5.75 Å². The third kappa shape index (κ3) is 3.71. The molecule has 0 radical (unpaired) electrons. The van der Waals surface area contributed by atoms with E-state index in [4.69, 9.17) is 4.74 Å². The van der Waals surface area contributed by atoms with Crippen molar-refractivity contribution in [2.75, 3.05) is 12.4 Å². The van der Waals surface area contributed by atoms with Crippen LogP contribution in [0.3, 0.4) is 0 Å². The van der Waals surface area contributed by atoms with E-state index < -0.39 is 0 Å². The molecular formula is C21H22N4OS. The zero-order valence-corrected chi connectivity index (χ0v) is 16.3. The van der Waals surface area contributed by atoms with Gasteiger partial charge in [-0.25, -0.2) is 0 Å². The molecule has 6 heteroatoms. The summed E-state index contributed by atoms with van der Waals surface area (Å²) in [5.74, 6) is 2.62. The molecule has 0 aliphatic carbocycles. The number of nitrogens with one attached hydrogen (secondary N) is 1. The van der Waals surface area contributed by atoms with E-state index in [0.717, 1.165) is 40.1 Å². The zero-order chi connectivity index (χ0) is 18.6. The fourth-order valence-corrected chi connectivity index (χ4v) is 3.88. The molecule has 0 amide bonds. The molecular weight excluding hydrogens is 356 g/mol. The lowest BCUT2D eigenvalue weighted by molar-refractivity contribution is 0.343. The fourth-order valence-electron chi connectivity index (χ4n) is 3.06. The highest BCUT2D eigenvalue weighted by Gasteiger charge is 2.16. The lowest BCUT2D eigenvalue weighted by Gasteiger charge is -2.08. The van der Waals surface area contributed by atoms with Gasteiger partial charge in [-0.05, 0) is 32.0 Å². The number of H-pyrrole nitrogens is 1. The molecule has 0 saturated heterocycles. The van der Waals surface area contributed by atoms with Crippen molar-refractivity contribution in [1.29, 1.82) is 0 Å². The van der Waals surface area contributed by atoms with E-state index in [0.29, 0.717) is 6.61 Å². The van der Waals surface area contributed by atoms with Crippen LogP contribution in [0.1, 0.15) is 12.5 Å². The number of aryl methyl sites for hydroxylation is 1. The molecule has 4 aromatic rings. The van der Waals surface area contributed by atoms with Crippen molar-refractivity contribution < 1.29 is 4.74 Å². The molecule has 0 saturated carbocycles. The van der Waals surface area contributed by atoms with Crippen LogP contribution < -0.4 is 4.74 Å². The van der Waals surface area contributed by atoms with Gasteiger partial charge in [0.05, 0.1) is 6.61 Å². The molecule has 0 spiro atoms. The van der Waals surface area contributed by atoms with Crippen molar-refractivity contribution in [3.63, 3.8) is 0 Å². The Morgan fingerprint density at radius 1 is 1.07 bits per heavy atom. The van der Waals surface area contributed by atoms with E-state index >= 15 is 0 Å². The van der Waals surface area contributed by atoms with Crippen molar-refractivity contribution in [1.82, 2.24) is 19.7 Å². The third-order valence-corrected chi connectivity index (χ3v) is 5.40. The standard InChI is InChI=1S/C21H22N4OS/c1-3-25-20(18-14-22-19-7-5-4-6-17(18)19)23-24-21(25)27-13-12-26-16-10-8-15(2)9-11-16/h4-11,14,22H,3,12-13H2,1-2H3. The first-order chi connectivity index (χ1) is 13.3. The van der Waals surface area contributed by atoms with Crippen molar-refractivity contribution in [2.45, 2.75) is 25.5 Å². The van der Waals surface area contributed by atoms with E-state index in [2.05, 4.69) is 57.9 Å². The Bertz CT molecular complexity index is 1040. The maximum Gasteiger partial charge on any atom is 0.191 e. The molecule has 5 nitrogen and oxygen atoms in total. The minimum atomic E-state index is 0.632. The molecule has 0 aliphatic heterocycles. The molecule has 0 atom stereocenters. The number of benzene rings is 2. The zero-order valence-electron chi connectivity index (χ0n) is 15.5. The fraction of sp³-hybridized carbons (Fsp3) is 0.238. The molecule has 0 bridgehead atoms. The highest BCUT2D eigenvalue weighted by atomic mass is 32.2. The summed E-state index contributed by atoms with van der Waals surface area (Å²) in [6.07, 6.45) is 2.01. The Morgan fingerprint density at radius 2 is 1.89 bits per heavy atom. The summed E-state index contributed by atoms with van der Waals surface area (Å²) in [4.78, 5) is 3.31. The second-order valence-electron chi connectivity index (χ2n) is 6.31. The van der Waals surface area contributed by atoms with Crippen LogP contribution in [-0.4, -0.2) is 32.1 Å². The molecule has 2 aromatic heterocycles. The maximum absolute atomic E-state index is 5.81. The first kappa shape index (κ1) is 17.7. The van der Waals surface area contributed by atoms with Gasteiger partial charge in [0.2, 0.25) is 0 Å². The van der Waals surface area contributed by atoms with Gasteiger partial charge in [-0.3, -0.25) is 0 Å². The molecule has 2 heterocycles. The molecule has 2 aromatic carbocycles. The first-order valence-corrected chi connectivity index (χ1v) is 10.1. The molecule has 0 fully saturated rings. The smallest absolute Gasteiger partial charge is 0.191 e. The minimum absolute atomic E-state index is 0.632. The van der Waals surface area contributed by atoms with Gasteiger partial charge < -0.3 is 14.3 Å². The average molecular weight is 379 g/mol. The van der Waals surface area contributed by atoms with Crippen LogP contribution in [0.25, 0.3) is 22.3 Å². The van der Waals surface area contributed by atoms with Crippen molar-refractivity contribution in [3.8, 4) is 17.1 Å². The number of rotatable bonds is 7. The molecule has 4 rings (SSSR count). The molecule has 27 heavy (non-hydrogen) atoms. The second kappa shape index (κ2) is 7.88. The van der Waals surface area contributed by atoms with Crippen LogP contribution in [0.15, 0.2) is 59.9 Å². The largest absolute Gasteiger partial charge is 0.493 e. The number of nitrogens with zero attached hydrogens (tertiary/aromatic N) is 3. The Labute approximate surface area is 162 Å². The van der Waals surface area contributed by atoms with E-state index in [1.165, 1.54) is 10.9 Å². The van der Waals surface area contributed by atoms with Crippen molar-refractivity contribution in [2.24, 2.45) is 0 Å². The highest BCUT2D eigenvalue weighted by Crippen LogP contribution is 2.29. The number of aromatic nitrogens is 4. The van der Waals surface area contributed by atoms with Gasteiger partial charge in [-0.1, -0.05) is 47.7 Å². The lowest BCUT2D eigenvalue weighted by atomic mass is 10.1. The van der Waals surface area contributed by atoms with Crippen LogP contribution in [0.4, 0.5) is 0 Å². The summed E-state index contributed by atoms with van der Waals surface area (Å²) in [5.41, 5.74) is 3.43. The number of thioether (sulfide) groups is 1. The maximum atomic E-state index is 5.81. The summed E-state index contributed by atoms with van der Waals surface area (Å²) in [6, 6.07) is 16.4. The second-order valence-corrected chi connectivity index (χ2v) is 7.37. The summed E-state index contributed by atoms with van der Waals surface area (Å²) in [5, 5.41) is 11.0. The monoisotopic (exact) mass is 378 g/mol. The first-order valence-electron chi connectivity index (χ1n) is 9.08. The van der Waals surface area contributed by atoms with E-state index in [9.17, 15) is 0 Å². The summed E-state index contributed by atoms with van der Waals surface area (Å²) in [6.45, 7) is 5.65. The van der Waals surface area contributed by atoms with Gasteiger partial charge in [0.15, 0.2) is 11.0 Å². The van der Waals surface area contributed by atoms with Crippen LogP contribution >= 0.6 is 11.8 Å². The molecule has 0 unspecified atom stereocenters. The van der Waals surface area contributed by atoms with Crippen LogP contribution in [-0.2, 0) is 6.54 Å². The quantitative estimate of drug-likeness (QED) is 0.366. The van der Waals surface area contributed by atoms with Crippen LogP contribution in [0.2, 0.25) is 0 Å². The van der Waals surface area contributed by atoms with Crippen LogP contribution in [0, 0.1) is 6.92 Å². The molecule has 1 N–H and O–H groups in total. The number of hydrogen-bond acceptors (Lipinski definition) is 4. The highest BCUT2D eigenvalue weighted by molar-refractivity contribution is 7.99. The SMILES string of the molecule is CCn1c(SCCOc2ccc(C)cc2)nnc1-c1c[nH]c2ccccc12. The van der Waals surface area contributed by atoms with E-state index in [-0.39, 0.29) is 0 Å². The lowest BCUT2D eigenvalue weighted by Crippen LogP contribution is -2.03. The summed E-state index contributed by atoms with van der Waals surface area (Å²) < 4.78 is 7.97. The number of fused-ring (bicyclic) bond motifs is 1. The predicted octanol–water partition coefficient (Wildman–Crippen LogP) is 4.93. The average Bonchev–Trinajstić information content (AvgIpc) is 3.30. The van der Waals surface area contributed by atoms with Crippen molar-refractivity contribution in [3.05, 3.63) is 60.3 Å². The minimum Gasteiger partial charge on any atom is -0.493 e. The number of hydrogen-bond donors (Lipinski definition) is 1. The number of ether oxygens (including phenoxy) is 1. The van der Waals surface area contributed by atoms with Gasteiger partial charge >= 0.3 is 0 Å². The summed E-state index contributed by atoms with van der Waals surface area (Å²) >= 11 is 1.67. The van der Waals surface area contributed by atoms with E-state index in [1.807, 2.05) is 30.5 Å². The van der Waals surface area contributed by atoms with Gasteiger partial charge in [-0.15, -0.1) is 10.2 Å². The normalized spacial score (nSPS) is 11.2. The predicted molar refractivity (Wildman–Crippen MR) is 110 cm³/mol. The number of para-hydroxylation sites is 1. The topological polar surface area (TPSA) is 55.7 Å². The van der Waals surface area contributed by atoms with Crippen LogP contribution in [0.5, 0.6) is 5.75 Å². The van der Waals surface area contributed by atoms with Gasteiger partial charge in [0, 0.05) is 35.0 Å². The van der Waals surface area contributed by atoms with Crippen molar-refractivity contribution >= 4 is 22.7 Å². The number of aromatic amines is 1.